The molecule has 0 fully saturated rings. The Labute approximate surface area is 133 Å². The minimum absolute atomic E-state index is 0.00414. The number of rotatable bonds is 5. The molecule has 130 valence electrons. The first-order valence-corrected chi connectivity index (χ1v) is 8.00. The highest BCUT2D eigenvalue weighted by Crippen LogP contribution is 2.34. The Morgan fingerprint density at radius 1 is 1.35 bits per heavy atom. The summed E-state index contributed by atoms with van der Waals surface area (Å²) in [5.41, 5.74) is 0. The molecule has 0 saturated heterocycles. The molecule has 0 aromatic carbocycles. The highest BCUT2D eigenvalue weighted by atomic mass is 19.4. The first-order chi connectivity index (χ1) is 10.8. The first kappa shape index (κ1) is 17.7. The van der Waals surface area contributed by atoms with Crippen molar-refractivity contribution in [2.45, 2.75) is 58.8 Å². The van der Waals surface area contributed by atoms with E-state index < -0.39 is 12.1 Å². The van der Waals surface area contributed by atoms with Crippen LogP contribution in [0, 0.1) is 11.8 Å². The second-order valence-corrected chi connectivity index (χ2v) is 6.13. The van der Waals surface area contributed by atoms with Crippen molar-refractivity contribution < 1.29 is 18.0 Å². The molecule has 8 heteroatoms. The van der Waals surface area contributed by atoms with E-state index in [1.165, 1.54) is 9.47 Å². The number of fused-ring (bicyclic) bond motifs is 1. The molecular weight excluding hydrogens is 309 g/mol. The number of hydrogen-bond donors (Lipinski definition) is 0. The largest absolute Gasteiger partial charge is 0.393 e. The Bertz CT molecular complexity index is 551. The average Bonchev–Trinajstić information content (AvgIpc) is 2.89. The molecular formula is C15H23F3N4O. The van der Waals surface area contributed by atoms with Gasteiger partial charge in [-0.1, -0.05) is 13.8 Å². The molecule has 0 N–H and O–H groups in total. The van der Waals surface area contributed by atoms with Crippen molar-refractivity contribution in [3.8, 4) is 0 Å². The predicted molar refractivity (Wildman–Crippen MR) is 78.4 cm³/mol. The Morgan fingerprint density at radius 3 is 2.57 bits per heavy atom. The summed E-state index contributed by atoms with van der Waals surface area (Å²) in [7, 11) is 1.66. The van der Waals surface area contributed by atoms with E-state index in [2.05, 4.69) is 10.2 Å². The molecule has 1 atom stereocenters. The number of nitrogens with zero attached hydrogens (tertiary/aromatic N) is 4. The summed E-state index contributed by atoms with van der Waals surface area (Å²) in [6, 6.07) is 0. The summed E-state index contributed by atoms with van der Waals surface area (Å²) < 4.78 is 40.4. The van der Waals surface area contributed by atoms with E-state index in [1.54, 1.807) is 7.05 Å². The topological polar surface area (TPSA) is 51.0 Å². The Kier molecular flexibility index (Phi) is 5.31. The molecule has 5 nitrogen and oxygen atoms in total. The zero-order chi connectivity index (χ0) is 17.2. The van der Waals surface area contributed by atoms with Crippen LogP contribution in [-0.4, -0.2) is 38.8 Å². The van der Waals surface area contributed by atoms with Gasteiger partial charge in [0, 0.05) is 25.9 Å². The smallest absolute Gasteiger partial charge is 0.338 e. The molecule has 0 radical (unpaired) electrons. The van der Waals surface area contributed by atoms with Gasteiger partial charge in [0.15, 0.2) is 5.82 Å². The van der Waals surface area contributed by atoms with Crippen molar-refractivity contribution in [3.05, 3.63) is 11.6 Å². The van der Waals surface area contributed by atoms with Crippen LogP contribution in [0.25, 0.3) is 0 Å². The molecule has 1 unspecified atom stereocenters. The van der Waals surface area contributed by atoms with Crippen LogP contribution in [0.3, 0.4) is 0 Å². The highest BCUT2D eigenvalue weighted by Gasteiger charge is 2.42. The van der Waals surface area contributed by atoms with Crippen LogP contribution >= 0.6 is 0 Å². The van der Waals surface area contributed by atoms with Gasteiger partial charge in [-0.15, -0.1) is 10.2 Å². The van der Waals surface area contributed by atoms with Gasteiger partial charge in [-0.2, -0.15) is 13.2 Å². The normalized spacial score (nSPS) is 18.1. The van der Waals surface area contributed by atoms with E-state index in [0.717, 1.165) is 12.8 Å². The monoisotopic (exact) mass is 332 g/mol. The lowest BCUT2D eigenvalue weighted by Gasteiger charge is -2.27. The highest BCUT2D eigenvalue weighted by molar-refractivity contribution is 5.78. The Morgan fingerprint density at radius 2 is 2.00 bits per heavy atom. The fraction of sp³-hybridized carbons (Fsp3) is 0.800. The number of hydrogen-bond acceptors (Lipinski definition) is 3. The Hall–Kier alpha value is -1.60. The maximum atomic E-state index is 12.9. The van der Waals surface area contributed by atoms with Crippen LogP contribution < -0.4 is 0 Å². The van der Waals surface area contributed by atoms with E-state index in [-0.39, 0.29) is 37.8 Å². The third kappa shape index (κ3) is 3.84. The van der Waals surface area contributed by atoms with Crippen LogP contribution in [0.5, 0.6) is 0 Å². The van der Waals surface area contributed by atoms with E-state index in [4.69, 9.17) is 0 Å². The predicted octanol–water partition coefficient (Wildman–Crippen LogP) is 2.80. The van der Waals surface area contributed by atoms with Crippen molar-refractivity contribution >= 4 is 5.91 Å². The van der Waals surface area contributed by atoms with Crippen LogP contribution in [0.15, 0.2) is 0 Å². The molecule has 0 aliphatic carbocycles. The quantitative estimate of drug-likeness (QED) is 0.833. The molecule has 0 bridgehead atoms. The van der Waals surface area contributed by atoms with E-state index in [0.29, 0.717) is 11.6 Å². The molecule has 1 amide bonds. The van der Waals surface area contributed by atoms with Crippen LogP contribution in [0.1, 0.15) is 44.8 Å². The summed E-state index contributed by atoms with van der Waals surface area (Å²) in [4.78, 5) is 13.8. The third-order valence-electron chi connectivity index (χ3n) is 4.58. The zero-order valence-electron chi connectivity index (χ0n) is 13.7. The number of aryl methyl sites for hydroxylation is 1. The van der Waals surface area contributed by atoms with Crippen LogP contribution in [0.4, 0.5) is 13.2 Å². The SMILES string of the molecule is CCC(CC)C(=O)N(C)Cc1nnc2n1CC(C(F)(F)F)CC2. The second-order valence-electron chi connectivity index (χ2n) is 6.13. The van der Waals surface area contributed by atoms with Crippen molar-refractivity contribution in [1.29, 1.82) is 0 Å². The maximum absolute atomic E-state index is 12.9. The molecule has 2 heterocycles. The van der Waals surface area contributed by atoms with Gasteiger partial charge in [0.2, 0.25) is 5.91 Å². The summed E-state index contributed by atoms with van der Waals surface area (Å²) >= 11 is 0. The number of carbonyl (C=O) groups is 1. The van der Waals surface area contributed by atoms with Gasteiger partial charge in [0.25, 0.3) is 0 Å². The number of carbonyl (C=O) groups excluding carboxylic acids is 1. The number of alkyl halides is 3. The lowest BCUT2D eigenvalue weighted by atomic mass is 9.99. The Balaban J connectivity index is 2.11. The van der Waals surface area contributed by atoms with Gasteiger partial charge in [-0.05, 0) is 19.3 Å². The van der Waals surface area contributed by atoms with E-state index >= 15 is 0 Å². The molecule has 1 aliphatic rings. The summed E-state index contributed by atoms with van der Waals surface area (Å²) in [5, 5.41) is 7.98. The minimum Gasteiger partial charge on any atom is -0.338 e. The van der Waals surface area contributed by atoms with E-state index in [1.807, 2.05) is 13.8 Å². The van der Waals surface area contributed by atoms with Crippen molar-refractivity contribution in [3.63, 3.8) is 0 Å². The first-order valence-electron chi connectivity index (χ1n) is 8.00. The maximum Gasteiger partial charge on any atom is 0.393 e. The summed E-state index contributed by atoms with van der Waals surface area (Å²) in [5.74, 6) is -0.438. The third-order valence-corrected chi connectivity index (χ3v) is 4.58. The zero-order valence-corrected chi connectivity index (χ0v) is 13.7. The average molecular weight is 332 g/mol. The lowest BCUT2D eigenvalue weighted by Crippen LogP contribution is -2.35. The molecule has 1 aromatic heterocycles. The second kappa shape index (κ2) is 6.88. The molecule has 1 aromatic rings. The standard InChI is InChI=1S/C15H23F3N4O/c1-4-10(5-2)14(23)21(3)9-13-20-19-12-7-6-11(8-22(12)13)15(16,17)18/h10-11H,4-9H2,1-3H3. The van der Waals surface area contributed by atoms with Gasteiger partial charge >= 0.3 is 6.18 Å². The molecule has 0 saturated carbocycles. The molecule has 1 aliphatic heterocycles. The van der Waals surface area contributed by atoms with Crippen LogP contribution in [0.2, 0.25) is 0 Å². The fourth-order valence-corrected chi connectivity index (χ4v) is 3.01. The lowest BCUT2D eigenvalue weighted by molar-refractivity contribution is -0.182. The van der Waals surface area contributed by atoms with Crippen molar-refractivity contribution in [1.82, 2.24) is 19.7 Å². The van der Waals surface area contributed by atoms with Gasteiger partial charge < -0.3 is 9.47 Å². The van der Waals surface area contributed by atoms with Crippen molar-refractivity contribution in [2.24, 2.45) is 11.8 Å². The molecule has 23 heavy (non-hydrogen) atoms. The van der Waals surface area contributed by atoms with Crippen LogP contribution in [-0.2, 0) is 24.3 Å². The fourth-order valence-electron chi connectivity index (χ4n) is 3.01. The van der Waals surface area contributed by atoms with Gasteiger partial charge in [-0.3, -0.25) is 4.79 Å². The van der Waals surface area contributed by atoms with E-state index in [9.17, 15) is 18.0 Å². The molecule has 2 rings (SSSR count). The number of aromatic nitrogens is 3. The minimum atomic E-state index is -4.21. The number of halogens is 3. The van der Waals surface area contributed by atoms with Gasteiger partial charge in [0.05, 0.1) is 12.5 Å². The van der Waals surface area contributed by atoms with Gasteiger partial charge in [0.1, 0.15) is 5.82 Å². The summed E-state index contributed by atoms with van der Waals surface area (Å²) in [6.07, 6.45) is -2.41. The number of amides is 1. The van der Waals surface area contributed by atoms with Crippen molar-refractivity contribution in [2.75, 3.05) is 7.05 Å². The van der Waals surface area contributed by atoms with Gasteiger partial charge in [-0.25, -0.2) is 0 Å². The molecule has 0 spiro atoms. The summed E-state index contributed by atoms with van der Waals surface area (Å²) in [6.45, 7) is 3.93.